The van der Waals surface area contributed by atoms with E-state index in [4.69, 9.17) is 18.6 Å². The maximum absolute atomic E-state index is 12.9. The van der Waals surface area contributed by atoms with E-state index in [1.807, 2.05) is 68.4 Å². The van der Waals surface area contributed by atoms with Gasteiger partial charge in [-0.2, -0.15) is 0 Å². The number of rotatable bonds is 6. The van der Waals surface area contributed by atoms with E-state index in [9.17, 15) is 9.59 Å². The lowest BCUT2D eigenvalue weighted by Crippen LogP contribution is -2.17. The quantitative estimate of drug-likeness (QED) is 0.215. The highest BCUT2D eigenvalue weighted by Crippen LogP contribution is 2.27. The largest absolute Gasteiger partial charge is 0.482 e. The summed E-state index contributed by atoms with van der Waals surface area (Å²) in [6.45, 7) is 3.67. The maximum Gasteiger partial charge on any atom is 0.349 e. The molecule has 0 amide bonds. The summed E-state index contributed by atoms with van der Waals surface area (Å²) in [5.41, 5.74) is 2.04. The molecule has 0 saturated carbocycles. The van der Waals surface area contributed by atoms with Crippen LogP contribution in [-0.4, -0.2) is 12.6 Å². The first kappa shape index (κ1) is 22.2. The van der Waals surface area contributed by atoms with E-state index in [-0.39, 0.29) is 29.1 Å². The fourth-order valence-electron chi connectivity index (χ4n) is 3.90. The molecular weight excluding hydrogens is 444 g/mol. The van der Waals surface area contributed by atoms with Crippen molar-refractivity contribution < 1.29 is 23.4 Å². The Morgan fingerprint density at radius 2 is 1.54 bits per heavy atom. The second kappa shape index (κ2) is 9.35. The summed E-state index contributed by atoms with van der Waals surface area (Å²) < 4.78 is 22.3. The summed E-state index contributed by atoms with van der Waals surface area (Å²) >= 11 is 0. The Bertz CT molecular complexity index is 1600. The summed E-state index contributed by atoms with van der Waals surface area (Å²) in [4.78, 5) is 25.2. The molecule has 0 aliphatic heterocycles. The molecule has 0 saturated heterocycles. The molecule has 1 aromatic heterocycles. The summed E-state index contributed by atoms with van der Waals surface area (Å²) in [6, 6.07) is 23.8. The molecule has 6 heteroatoms. The molecule has 174 valence electrons. The molecule has 0 radical (unpaired) electrons. The fourth-order valence-corrected chi connectivity index (χ4v) is 3.90. The number of hydrogen-bond acceptors (Lipinski definition) is 6. The summed E-state index contributed by atoms with van der Waals surface area (Å²) in [6.07, 6.45) is 1.26. The van der Waals surface area contributed by atoms with Crippen molar-refractivity contribution in [3.63, 3.8) is 0 Å². The van der Waals surface area contributed by atoms with Crippen LogP contribution in [-0.2, 0) is 4.79 Å². The van der Waals surface area contributed by atoms with E-state index in [1.54, 1.807) is 12.1 Å². The van der Waals surface area contributed by atoms with Crippen molar-refractivity contribution in [2.24, 2.45) is 0 Å². The summed E-state index contributed by atoms with van der Waals surface area (Å²) in [5, 5.41) is 2.39. The van der Waals surface area contributed by atoms with Crippen LogP contribution in [0.1, 0.15) is 11.1 Å². The lowest BCUT2D eigenvalue weighted by atomic mass is 10.1. The van der Waals surface area contributed by atoms with Crippen LogP contribution in [0, 0.1) is 13.8 Å². The number of benzene rings is 4. The number of carbonyl (C=O) groups is 1. The highest BCUT2D eigenvalue weighted by molar-refractivity contribution is 5.84. The topological polar surface area (TPSA) is 75.0 Å². The van der Waals surface area contributed by atoms with Gasteiger partial charge in [-0.25, -0.2) is 4.79 Å². The van der Waals surface area contributed by atoms with Crippen LogP contribution in [0.2, 0.25) is 0 Å². The molecule has 5 aromatic rings. The van der Waals surface area contributed by atoms with Crippen molar-refractivity contribution in [3.8, 4) is 23.0 Å². The summed E-state index contributed by atoms with van der Waals surface area (Å²) in [5.74, 6) is 0.881. The van der Waals surface area contributed by atoms with Crippen LogP contribution in [0.3, 0.4) is 0 Å². The average Bonchev–Trinajstić information content (AvgIpc) is 2.84. The van der Waals surface area contributed by atoms with Gasteiger partial charge in [0, 0.05) is 6.07 Å². The second-order valence-electron chi connectivity index (χ2n) is 8.28. The Kier molecular flexibility index (Phi) is 5.94. The molecule has 1 heterocycles. The van der Waals surface area contributed by atoms with Gasteiger partial charge in [0.15, 0.2) is 6.61 Å². The first-order valence-electron chi connectivity index (χ1n) is 11.1. The van der Waals surface area contributed by atoms with E-state index in [0.717, 1.165) is 21.9 Å². The van der Waals surface area contributed by atoms with Crippen molar-refractivity contribution in [2.75, 3.05) is 6.61 Å². The van der Waals surface area contributed by atoms with Gasteiger partial charge in [-0.15, -0.1) is 0 Å². The van der Waals surface area contributed by atoms with Gasteiger partial charge in [0.1, 0.15) is 29.1 Å². The van der Waals surface area contributed by atoms with E-state index in [2.05, 4.69) is 0 Å². The van der Waals surface area contributed by atoms with Gasteiger partial charge in [-0.3, -0.25) is 4.79 Å². The van der Waals surface area contributed by atoms with Gasteiger partial charge < -0.3 is 18.6 Å². The lowest BCUT2D eigenvalue weighted by Gasteiger charge is -2.09. The monoisotopic (exact) mass is 466 g/mol. The van der Waals surface area contributed by atoms with Gasteiger partial charge in [0.05, 0.1) is 5.39 Å². The maximum atomic E-state index is 12.9. The van der Waals surface area contributed by atoms with Crippen molar-refractivity contribution in [1.29, 1.82) is 0 Å². The third-order valence-electron chi connectivity index (χ3n) is 5.45. The van der Waals surface area contributed by atoms with Gasteiger partial charge in [0.2, 0.25) is 11.2 Å². The predicted molar refractivity (Wildman–Crippen MR) is 134 cm³/mol. The summed E-state index contributed by atoms with van der Waals surface area (Å²) in [7, 11) is 0. The van der Waals surface area contributed by atoms with Crippen molar-refractivity contribution in [1.82, 2.24) is 0 Å². The van der Waals surface area contributed by atoms with E-state index in [0.29, 0.717) is 16.9 Å². The molecule has 35 heavy (non-hydrogen) atoms. The first-order chi connectivity index (χ1) is 16.9. The second-order valence-corrected chi connectivity index (χ2v) is 8.28. The highest BCUT2D eigenvalue weighted by Gasteiger charge is 2.13. The van der Waals surface area contributed by atoms with Crippen LogP contribution < -0.4 is 19.6 Å². The van der Waals surface area contributed by atoms with Crippen LogP contribution in [0.25, 0.3) is 21.7 Å². The van der Waals surface area contributed by atoms with Crippen LogP contribution in [0.15, 0.2) is 94.3 Å². The Hall–Kier alpha value is -4.58. The zero-order valence-electron chi connectivity index (χ0n) is 19.2. The Morgan fingerprint density at radius 1 is 0.800 bits per heavy atom. The third kappa shape index (κ3) is 5.01. The molecule has 6 nitrogen and oxygen atoms in total. The number of aryl methyl sites for hydroxylation is 2. The Balaban J connectivity index is 1.30. The lowest BCUT2D eigenvalue weighted by molar-refractivity contribution is -0.136. The normalized spacial score (nSPS) is 10.9. The van der Waals surface area contributed by atoms with Crippen molar-refractivity contribution in [2.45, 2.75) is 13.8 Å². The number of hydrogen-bond donors (Lipinski definition) is 0. The van der Waals surface area contributed by atoms with Crippen molar-refractivity contribution >= 4 is 27.7 Å². The molecule has 0 fully saturated rings. The van der Waals surface area contributed by atoms with Gasteiger partial charge >= 0.3 is 5.97 Å². The minimum Gasteiger partial charge on any atom is -0.482 e. The standard InChI is InChI=1S/C29H22O6/c1-18-11-19(2)13-24(12-18)32-17-28(30)35-23-9-10-25-26(15-23)33-16-27(29(25)31)34-22-8-7-20-5-3-4-6-21(20)14-22/h3-16H,17H2,1-2H3. The van der Waals surface area contributed by atoms with E-state index >= 15 is 0 Å². The number of carbonyl (C=O) groups excluding carboxylic acids is 1. The average molecular weight is 466 g/mol. The zero-order chi connectivity index (χ0) is 24.4. The highest BCUT2D eigenvalue weighted by atomic mass is 16.6. The molecule has 0 atom stereocenters. The Labute approximate surface area is 201 Å². The van der Waals surface area contributed by atoms with Crippen LogP contribution >= 0.6 is 0 Å². The van der Waals surface area contributed by atoms with Gasteiger partial charge in [-0.1, -0.05) is 36.4 Å². The van der Waals surface area contributed by atoms with Crippen molar-refractivity contribution in [3.05, 3.63) is 106 Å². The molecule has 0 aliphatic rings. The molecule has 0 spiro atoms. The van der Waals surface area contributed by atoms with Crippen LogP contribution in [0.4, 0.5) is 0 Å². The molecule has 0 unspecified atom stereocenters. The molecular formula is C29H22O6. The minimum absolute atomic E-state index is 0.0689. The predicted octanol–water partition coefficient (Wildman–Crippen LogP) is 6.34. The third-order valence-corrected chi connectivity index (χ3v) is 5.45. The number of fused-ring (bicyclic) bond motifs is 2. The molecule has 5 rings (SSSR count). The fraction of sp³-hybridized carbons (Fsp3) is 0.103. The molecule has 0 bridgehead atoms. The number of ether oxygens (including phenoxy) is 3. The first-order valence-corrected chi connectivity index (χ1v) is 11.1. The Morgan fingerprint density at radius 3 is 2.34 bits per heavy atom. The molecule has 0 N–H and O–H groups in total. The minimum atomic E-state index is -0.567. The van der Waals surface area contributed by atoms with Crippen LogP contribution in [0.5, 0.6) is 23.0 Å². The smallest absolute Gasteiger partial charge is 0.349 e. The molecule has 0 aliphatic carbocycles. The number of esters is 1. The van der Waals surface area contributed by atoms with Gasteiger partial charge in [-0.05, 0) is 72.1 Å². The SMILES string of the molecule is Cc1cc(C)cc(OCC(=O)Oc2ccc3c(=O)c(Oc4ccc5ccccc5c4)coc3c2)c1. The molecule has 4 aromatic carbocycles. The van der Waals surface area contributed by atoms with E-state index in [1.165, 1.54) is 18.4 Å². The zero-order valence-corrected chi connectivity index (χ0v) is 19.2. The van der Waals surface area contributed by atoms with Gasteiger partial charge in [0.25, 0.3) is 0 Å². The van der Waals surface area contributed by atoms with E-state index < -0.39 is 5.97 Å².